The molecule has 0 unspecified atom stereocenters. The molecule has 0 aliphatic heterocycles. The van der Waals surface area contributed by atoms with E-state index >= 15 is 0 Å². The lowest BCUT2D eigenvalue weighted by Gasteiger charge is -2.11. The number of halogens is 1. The summed E-state index contributed by atoms with van der Waals surface area (Å²) in [5.74, 6) is -0.140. The molecule has 0 aliphatic carbocycles. The zero-order valence-electron chi connectivity index (χ0n) is 13.1. The summed E-state index contributed by atoms with van der Waals surface area (Å²) in [5, 5.41) is 8.03. The Bertz CT molecular complexity index is 681. The molecule has 1 atom stereocenters. The lowest BCUT2D eigenvalue weighted by Crippen LogP contribution is -2.38. The number of carbonyl (C=O) groups is 1. The van der Waals surface area contributed by atoms with E-state index in [1.165, 1.54) is 0 Å². The predicted octanol–water partition coefficient (Wildman–Crippen LogP) is 2.28. The molecule has 0 radical (unpaired) electrons. The molecule has 0 bridgehead atoms. The molecule has 0 saturated carbocycles. The summed E-state index contributed by atoms with van der Waals surface area (Å²) < 4.78 is 1.80. The number of hydrogen-bond acceptors (Lipinski definition) is 3. The van der Waals surface area contributed by atoms with Crippen LogP contribution in [0, 0.1) is 13.8 Å². The minimum absolute atomic E-state index is 0.0711. The molecule has 5 nitrogen and oxygen atoms in total. The number of aryl methyl sites for hydroxylation is 1. The van der Waals surface area contributed by atoms with Gasteiger partial charge < -0.3 is 11.1 Å². The van der Waals surface area contributed by atoms with Crippen LogP contribution in [0.3, 0.4) is 0 Å². The van der Waals surface area contributed by atoms with Gasteiger partial charge in [0.15, 0.2) is 0 Å². The normalized spacial score (nSPS) is 12.2. The molecular formula is C16H21ClN4O. The first-order valence-electron chi connectivity index (χ1n) is 7.22. The maximum atomic E-state index is 12.3. The van der Waals surface area contributed by atoms with Crippen LogP contribution in [0.2, 0.25) is 5.02 Å². The molecule has 118 valence electrons. The molecular weight excluding hydrogens is 300 g/mol. The third kappa shape index (κ3) is 3.48. The number of hydrogen-bond donors (Lipinski definition) is 2. The van der Waals surface area contributed by atoms with Crippen LogP contribution in [0.1, 0.15) is 34.2 Å². The minimum Gasteiger partial charge on any atom is -0.348 e. The van der Waals surface area contributed by atoms with Gasteiger partial charge >= 0.3 is 0 Å². The number of aromatic nitrogens is 2. The fraction of sp³-hybridized carbons (Fsp3) is 0.375. The Kier molecular flexibility index (Phi) is 5.21. The third-order valence-electron chi connectivity index (χ3n) is 3.62. The zero-order chi connectivity index (χ0) is 16.3. The van der Waals surface area contributed by atoms with E-state index < -0.39 is 0 Å². The monoisotopic (exact) mass is 320 g/mol. The van der Waals surface area contributed by atoms with E-state index in [-0.39, 0.29) is 11.9 Å². The fourth-order valence-electron chi connectivity index (χ4n) is 2.32. The summed E-state index contributed by atoms with van der Waals surface area (Å²) >= 11 is 6.19. The second-order valence-electron chi connectivity index (χ2n) is 5.41. The summed E-state index contributed by atoms with van der Waals surface area (Å²) in [7, 11) is 0. The lowest BCUT2D eigenvalue weighted by molar-refractivity contribution is 0.0940. The van der Waals surface area contributed by atoms with Gasteiger partial charge in [0.2, 0.25) is 0 Å². The van der Waals surface area contributed by atoms with E-state index in [1.807, 2.05) is 45.0 Å². The Balaban J connectivity index is 2.27. The Morgan fingerprint density at radius 1 is 1.41 bits per heavy atom. The molecule has 0 aliphatic rings. The van der Waals surface area contributed by atoms with Crippen molar-refractivity contribution in [1.82, 2.24) is 15.1 Å². The zero-order valence-corrected chi connectivity index (χ0v) is 13.8. The van der Waals surface area contributed by atoms with Gasteiger partial charge in [-0.3, -0.25) is 9.48 Å². The SMILES string of the molecule is Cc1nn(Cc2ccccc2Cl)c(C)c1C(=O)N[C@@H](C)CN. The molecule has 0 spiro atoms. The average molecular weight is 321 g/mol. The van der Waals surface area contributed by atoms with E-state index in [2.05, 4.69) is 10.4 Å². The molecule has 1 amide bonds. The van der Waals surface area contributed by atoms with Gasteiger partial charge in [-0.15, -0.1) is 0 Å². The van der Waals surface area contributed by atoms with E-state index in [4.69, 9.17) is 17.3 Å². The molecule has 2 rings (SSSR count). The number of carbonyl (C=O) groups excluding carboxylic acids is 1. The number of nitrogens with one attached hydrogen (secondary N) is 1. The fourth-order valence-corrected chi connectivity index (χ4v) is 2.52. The van der Waals surface area contributed by atoms with Gasteiger partial charge in [-0.2, -0.15) is 5.10 Å². The summed E-state index contributed by atoms with van der Waals surface area (Å²) in [6.07, 6.45) is 0. The smallest absolute Gasteiger partial charge is 0.255 e. The minimum atomic E-state index is -0.140. The predicted molar refractivity (Wildman–Crippen MR) is 88.2 cm³/mol. The van der Waals surface area contributed by atoms with Crippen molar-refractivity contribution in [3.63, 3.8) is 0 Å². The summed E-state index contributed by atoms with van der Waals surface area (Å²) in [5.41, 5.74) is 8.64. The molecule has 0 saturated heterocycles. The van der Waals surface area contributed by atoms with Crippen LogP contribution in [0.25, 0.3) is 0 Å². The topological polar surface area (TPSA) is 72.9 Å². The van der Waals surface area contributed by atoms with Gasteiger partial charge in [0.25, 0.3) is 5.91 Å². The highest BCUT2D eigenvalue weighted by molar-refractivity contribution is 6.31. The van der Waals surface area contributed by atoms with Gasteiger partial charge in [-0.1, -0.05) is 29.8 Å². The van der Waals surface area contributed by atoms with Crippen molar-refractivity contribution in [3.05, 3.63) is 51.8 Å². The van der Waals surface area contributed by atoms with Crippen LogP contribution < -0.4 is 11.1 Å². The molecule has 6 heteroatoms. The second kappa shape index (κ2) is 6.94. The van der Waals surface area contributed by atoms with Crippen LogP contribution in [0.4, 0.5) is 0 Å². The van der Waals surface area contributed by atoms with Crippen LogP contribution in [-0.4, -0.2) is 28.3 Å². The van der Waals surface area contributed by atoms with Gasteiger partial charge in [-0.25, -0.2) is 0 Å². The Hall–Kier alpha value is -1.85. The van der Waals surface area contributed by atoms with E-state index in [0.29, 0.717) is 29.4 Å². The first-order valence-corrected chi connectivity index (χ1v) is 7.60. The third-order valence-corrected chi connectivity index (χ3v) is 3.99. The molecule has 2 aromatic rings. The number of benzene rings is 1. The van der Waals surface area contributed by atoms with Crippen LogP contribution in [0.15, 0.2) is 24.3 Å². The highest BCUT2D eigenvalue weighted by Gasteiger charge is 2.20. The van der Waals surface area contributed by atoms with Crippen LogP contribution in [-0.2, 0) is 6.54 Å². The van der Waals surface area contributed by atoms with Crippen molar-refractivity contribution in [2.75, 3.05) is 6.54 Å². The van der Waals surface area contributed by atoms with E-state index in [0.717, 1.165) is 11.3 Å². The van der Waals surface area contributed by atoms with Gasteiger partial charge in [0, 0.05) is 23.3 Å². The Morgan fingerprint density at radius 2 is 2.09 bits per heavy atom. The maximum Gasteiger partial charge on any atom is 0.255 e. The van der Waals surface area contributed by atoms with Gasteiger partial charge in [-0.05, 0) is 32.4 Å². The van der Waals surface area contributed by atoms with Crippen molar-refractivity contribution in [1.29, 1.82) is 0 Å². The second-order valence-corrected chi connectivity index (χ2v) is 5.81. The highest BCUT2D eigenvalue weighted by atomic mass is 35.5. The van der Waals surface area contributed by atoms with E-state index in [1.54, 1.807) is 4.68 Å². The number of amides is 1. The first kappa shape index (κ1) is 16.5. The summed E-state index contributed by atoms with van der Waals surface area (Å²) in [6, 6.07) is 7.55. The first-order chi connectivity index (χ1) is 10.4. The number of rotatable bonds is 5. The summed E-state index contributed by atoms with van der Waals surface area (Å²) in [6.45, 7) is 6.53. The van der Waals surface area contributed by atoms with Crippen molar-refractivity contribution in [2.24, 2.45) is 5.73 Å². The largest absolute Gasteiger partial charge is 0.348 e. The molecule has 22 heavy (non-hydrogen) atoms. The van der Waals surface area contributed by atoms with Crippen LogP contribution in [0.5, 0.6) is 0 Å². The number of nitrogens with zero attached hydrogens (tertiary/aromatic N) is 2. The van der Waals surface area contributed by atoms with Crippen molar-refractivity contribution in [2.45, 2.75) is 33.4 Å². The van der Waals surface area contributed by atoms with Crippen LogP contribution >= 0.6 is 11.6 Å². The Morgan fingerprint density at radius 3 is 2.73 bits per heavy atom. The molecule has 1 aromatic carbocycles. The molecule has 3 N–H and O–H groups in total. The van der Waals surface area contributed by atoms with Crippen molar-refractivity contribution in [3.8, 4) is 0 Å². The standard InChI is InChI=1S/C16H21ClN4O/c1-10(8-18)19-16(22)15-11(2)20-21(12(15)3)9-13-6-4-5-7-14(13)17/h4-7,10H,8-9,18H2,1-3H3,(H,19,22)/t10-/m0/s1. The van der Waals surface area contributed by atoms with Crippen molar-refractivity contribution >= 4 is 17.5 Å². The number of nitrogens with two attached hydrogens (primary N) is 1. The molecule has 1 heterocycles. The molecule has 1 aromatic heterocycles. The maximum absolute atomic E-state index is 12.3. The molecule has 0 fully saturated rings. The van der Waals surface area contributed by atoms with E-state index in [9.17, 15) is 4.79 Å². The average Bonchev–Trinajstić information content (AvgIpc) is 2.75. The highest BCUT2D eigenvalue weighted by Crippen LogP contribution is 2.19. The Labute approximate surface area is 135 Å². The summed E-state index contributed by atoms with van der Waals surface area (Å²) in [4.78, 5) is 12.3. The van der Waals surface area contributed by atoms with Crippen molar-refractivity contribution < 1.29 is 4.79 Å². The van der Waals surface area contributed by atoms with Gasteiger partial charge in [0.05, 0.1) is 17.8 Å². The quantitative estimate of drug-likeness (QED) is 0.887. The van der Waals surface area contributed by atoms with Gasteiger partial charge in [0.1, 0.15) is 0 Å². The lowest BCUT2D eigenvalue weighted by atomic mass is 10.1.